The summed E-state index contributed by atoms with van der Waals surface area (Å²) in [6.07, 6.45) is 1.16. The summed E-state index contributed by atoms with van der Waals surface area (Å²) in [7, 11) is 4.13. The van der Waals surface area contributed by atoms with Crippen LogP contribution in [0.5, 0.6) is 0 Å². The smallest absolute Gasteiger partial charge is 0.164 e. The molecule has 2 aromatic heterocycles. The second-order valence-corrected chi connectivity index (χ2v) is 6.38. The Balaban J connectivity index is 2.09. The molecule has 1 atom stereocenters. The molecule has 0 aromatic carbocycles. The van der Waals surface area contributed by atoms with Gasteiger partial charge in [-0.05, 0) is 52.4 Å². The van der Waals surface area contributed by atoms with Crippen molar-refractivity contribution >= 4 is 22.5 Å². The molecule has 3 heterocycles. The van der Waals surface area contributed by atoms with Gasteiger partial charge in [0.1, 0.15) is 5.82 Å². The average Bonchev–Trinajstić information content (AvgIpc) is 2.85. The Kier molecular flexibility index (Phi) is 3.91. The normalized spacial score (nSPS) is 18.9. The van der Waals surface area contributed by atoms with E-state index < -0.39 is 0 Å². The highest BCUT2D eigenvalue weighted by molar-refractivity contribution is 5.95. The van der Waals surface area contributed by atoms with Gasteiger partial charge in [0, 0.05) is 36.3 Å². The quantitative estimate of drug-likeness (QED) is 0.912. The molecule has 0 aliphatic carbocycles. The van der Waals surface area contributed by atoms with E-state index in [1.165, 1.54) is 11.1 Å². The zero-order valence-corrected chi connectivity index (χ0v) is 14.1. The number of likely N-dealkylation sites (N-methyl/N-ethyl adjacent to an activating group) is 1. The molecule has 5 heteroatoms. The van der Waals surface area contributed by atoms with Gasteiger partial charge in [-0.2, -0.15) is 0 Å². The number of fused-ring (bicyclic) bond motifs is 1. The number of nitrogens with zero attached hydrogens (tertiary/aromatic N) is 3. The summed E-state index contributed by atoms with van der Waals surface area (Å²) in [5, 5.41) is 8.08. The van der Waals surface area contributed by atoms with Gasteiger partial charge in [0.25, 0.3) is 0 Å². The predicted octanol–water partition coefficient (Wildman–Crippen LogP) is 2.71. The van der Waals surface area contributed by atoms with Crippen LogP contribution in [0.2, 0.25) is 0 Å². The minimum Gasteiger partial charge on any atom is -0.387 e. The van der Waals surface area contributed by atoms with Crippen LogP contribution in [0.25, 0.3) is 11.0 Å². The van der Waals surface area contributed by atoms with Crippen molar-refractivity contribution in [1.82, 2.24) is 14.9 Å². The zero-order valence-electron chi connectivity index (χ0n) is 14.1. The predicted molar refractivity (Wildman–Crippen MR) is 92.8 cm³/mol. The maximum atomic E-state index is 4.81. The number of anilines is 2. The summed E-state index contributed by atoms with van der Waals surface area (Å²) in [6.45, 7) is 8.47. The highest BCUT2D eigenvalue weighted by Crippen LogP contribution is 2.32. The monoisotopic (exact) mass is 299 g/mol. The molecule has 0 saturated carbocycles. The molecule has 1 aliphatic rings. The van der Waals surface area contributed by atoms with Gasteiger partial charge >= 0.3 is 0 Å². The van der Waals surface area contributed by atoms with Crippen LogP contribution in [0.1, 0.15) is 23.2 Å². The SMILES string of the molecule is CNc1c(C)c(N[C@@H]2CCN(C)C2)nc2nc(C)cc(C)c12. The first-order valence-corrected chi connectivity index (χ1v) is 7.91. The van der Waals surface area contributed by atoms with E-state index in [9.17, 15) is 0 Å². The van der Waals surface area contributed by atoms with Gasteiger partial charge in [0.05, 0.1) is 5.69 Å². The number of pyridine rings is 2. The molecule has 1 fully saturated rings. The van der Waals surface area contributed by atoms with Gasteiger partial charge < -0.3 is 15.5 Å². The van der Waals surface area contributed by atoms with Crippen molar-refractivity contribution in [1.29, 1.82) is 0 Å². The van der Waals surface area contributed by atoms with Crippen molar-refractivity contribution in [3.63, 3.8) is 0 Å². The fourth-order valence-corrected chi connectivity index (χ4v) is 3.40. The van der Waals surface area contributed by atoms with Gasteiger partial charge in [-0.25, -0.2) is 9.97 Å². The molecule has 0 radical (unpaired) electrons. The van der Waals surface area contributed by atoms with Crippen LogP contribution in [0.3, 0.4) is 0 Å². The van der Waals surface area contributed by atoms with Gasteiger partial charge in [-0.15, -0.1) is 0 Å². The molecule has 1 aliphatic heterocycles. The van der Waals surface area contributed by atoms with Crippen LogP contribution >= 0.6 is 0 Å². The third-order valence-corrected chi connectivity index (χ3v) is 4.51. The molecule has 2 aromatic rings. The molecule has 1 saturated heterocycles. The molecule has 0 unspecified atom stereocenters. The van der Waals surface area contributed by atoms with Crippen LogP contribution in [0.4, 0.5) is 11.5 Å². The van der Waals surface area contributed by atoms with Gasteiger partial charge in [-0.3, -0.25) is 0 Å². The Morgan fingerprint density at radius 2 is 2.00 bits per heavy atom. The zero-order chi connectivity index (χ0) is 15.9. The van der Waals surface area contributed by atoms with Crippen LogP contribution < -0.4 is 10.6 Å². The molecule has 0 spiro atoms. The summed E-state index contributed by atoms with van der Waals surface area (Å²) in [5.41, 5.74) is 5.34. The average molecular weight is 299 g/mol. The van der Waals surface area contributed by atoms with E-state index in [1.807, 2.05) is 14.0 Å². The van der Waals surface area contributed by atoms with Crippen molar-refractivity contribution in [2.45, 2.75) is 33.2 Å². The Labute approximate surface area is 132 Å². The number of likely N-dealkylation sites (tertiary alicyclic amines) is 1. The largest absolute Gasteiger partial charge is 0.387 e. The second-order valence-electron chi connectivity index (χ2n) is 6.38. The molecule has 22 heavy (non-hydrogen) atoms. The number of aryl methyl sites for hydroxylation is 2. The molecule has 0 bridgehead atoms. The van der Waals surface area contributed by atoms with E-state index in [4.69, 9.17) is 4.98 Å². The second kappa shape index (κ2) is 5.72. The van der Waals surface area contributed by atoms with Crippen LogP contribution in [0.15, 0.2) is 6.07 Å². The van der Waals surface area contributed by atoms with E-state index in [1.54, 1.807) is 0 Å². The van der Waals surface area contributed by atoms with Crippen molar-refractivity contribution in [2.24, 2.45) is 0 Å². The summed E-state index contributed by atoms with van der Waals surface area (Å²) >= 11 is 0. The molecule has 5 nitrogen and oxygen atoms in total. The van der Waals surface area contributed by atoms with Crippen LogP contribution in [-0.2, 0) is 0 Å². The fourth-order valence-electron chi connectivity index (χ4n) is 3.40. The molecular formula is C17H25N5. The van der Waals surface area contributed by atoms with E-state index >= 15 is 0 Å². The van der Waals surface area contributed by atoms with E-state index in [2.05, 4.69) is 47.5 Å². The first-order chi connectivity index (χ1) is 10.5. The summed E-state index contributed by atoms with van der Waals surface area (Å²) in [6, 6.07) is 2.58. The lowest BCUT2D eigenvalue weighted by Crippen LogP contribution is -2.24. The Hall–Kier alpha value is -1.88. The molecular weight excluding hydrogens is 274 g/mol. The fraction of sp³-hybridized carbons (Fsp3) is 0.529. The topological polar surface area (TPSA) is 53.1 Å². The highest BCUT2D eigenvalue weighted by Gasteiger charge is 2.22. The number of hydrogen-bond acceptors (Lipinski definition) is 5. The number of hydrogen-bond donors (Lipinski definition) is 2. The van der Waals surface area contributed by atoms with E-state index in [0.29, 0.717) is 6.04 Å². The van der Waals surface area contributed by atoms with Gasteiger partial charge in [0.15, 0.2) is 5.65 Å². The molecule has 0 amide bonds. The van der Waals surface area contributed by atoms with Gasteiger partial charge in [0.2, 0.25) is 0 Å². The minimum absolute atomic E-state index is 0.462. The summed E-state index contributed by atoms with van der Waals surface area (Å²) in [4.78, 5) is 11.8. The minimum atomic E-state index is 0.462. The Morgan fingerprint density at radius 3 is 2.64 bits per heavy atom. The van der Waals surface area contributed by atoms with Crippen molar-refractivity contribution in [3.05, 3.63) is 22.9 Å². The molecule has 3 rings (SSSR count). The third-order valence-electron chi connectivity index (χ3n) is 4.51. The third kappa shape index (κ3) is 2.61. The number of nitrogens with one attached hydrogen (secondary N) is 2. The number of aromatic nitrogens is 2. The molecule has 2 N–H and O–H groups in total. The van der Waals surface area contributed by atoms with E-state index in [0.717, 1.165) is 47.7 Å². The van der Waals surface area contributed by atoms with Crippen LogP contribution in [-0.4, -0.2) is 48.1 Å². The molecule has 118 valence electrons. The standard InChI is InChI=1S/C17H25N5/c1-10-8-11(2)19-17-14(10)15(18-4)12(3)16(21-17)20-13-6-7-22(5)9-13/h8,13H,6-7,9H2,1-5H3,(H2,18,19,20,21)/t13-/m1/s1. The summed E-state index contributed by atoms with van der Waals surface area (Å²) in [5.74, 6) is 0.953. The lowest BCUT2D eigenvalue weighted by molar-refractivity contribution is 0.414. The first kappa shape index (κ1) is 15.0. The maximum absolute atomic E-state index is 4.81. The van der Waals surface area contributed by atoms with Crippen molar-refractivity contribution in [3.8, 4) is 0 Å². The van der Waals surface area contributed by atoms with Crippen molar-refractivity contribution < 1.29 is 0 Å². The first-order valence-electron chi connectivity index (χ1n) is 7.91. The highest BCUT2D eigenvalue weighted by atomic mass is 15.2. The lowest BCUT2D eigenvalue weighted by Gasteiger charge is -2.19. The maximum Gasteiger partial charge on any atom is 0.164 e. The number of rotatable bonds is 3. The van der Waals surface area contributed by atoms with Crippen LogP contribution in [0, 0.1) is 20.8 Å². The van der Waals surface area contributed by atoms with Crippen molar-refractivity contribution in [2.75, 3.05) is 37.8 Å². The van der Waals surface area contributed by atoms with Gasteiger partial charge in [-0.1, -0.05) is 0 Å². The summed E-state index contributed by atoms with van der Waals surface area (Å²) < 4.78 is 0. The lowest BCUT2D eigenvalue weighted by atomic mass is 10.1. The van der Waals surface area contributed by atoms with E-state index in [-0.39, 0.29) is 0 Å². The Morgan fingerprint density at radius 1 is 1.23 bits per heavy atom. The Bertz CT molecular complexity index is 710.